The van der Waals surface area contributed by atoms with Crippen molar-refractivity contribution < 1.29 is 23.9 Å². The van der Waals surface area contributed by atoms with Gasteiger partial charge in [0.05, 0.1) is 5.57 Å². The number of nitrogens with one attached hydrogen (secondary N) is 2. The number of hydrogen-bond acceptors (Lipinski definition) is 5. The maximum Gasteiger partial charge on any atom is 0.338 e. The lowest BCUT2D eigenvalue weighted by Gasteiger charge is -2.16. The van der Waals surface area contributed by atoms with Crippen molar-refractivity contribution in [3.63, 3.8) is 0 Å². The molecule has 25 heavy (non-hydrogen) atoms. The molecule has 0 atom stereocenters. The monoisotopic (exact) mass is 346 g/mol. The summed E-state index contributed by atoms with van der Waals surface area (Å²) >= 11 is 0. The third-order valence-electron chi connectivity index (χ3n) is 3.49. The molecule has 0 aromatic heterocycles. The summed E-state index contributed by atoms with van der Waals surface area (Å²) in [6.45, 7) is 4.08. The lowest BCUT2D eigenvalue weighted by atomic mass is 10.1. The normalized spacial score (nSPS) is 12.5. The smallest absolute Gasteiger partial charge is 0.338 e. The Kier molecular flexibility index (Phi) is 6.56. The van der Waals surface area contributed by atoms with Crippen LogP contribution in [0.2, 0.25) is 0 Å². The van der Waals surface area contributed by atoms with Gasteiger partial charge in [-0.1, -0.05) is 32.0 Å². The Morgan fingerprint density at radius 1 is 1.24 bits per heavy atom. The van der Waals surface area contributed by atoms with Crippen LogP contribution < -0.4 is 15.4 Å². The van der Waals surface area contributed by atoms with Gasteiger partial charge in [0.1, 0.15) is 12.4 Å². The second kappa shape index (κ2) is 8.86. The quantitative estimate of drug-likeness (QED) is 0.767. The number of carbonyl (C=O) groups is 3. The molecule has 1 heterocycles. The first-order valence-electron chi connectivity index (χ1n) is 8.13. The highest BCUT2D eigenvalue weighted by Gasteiger charge is 2.19. The minimum absolute atomic E-state index is 0.0765. The molecule has 3 amide bonds. The number of carbonyl (C=O) groups excluding carboxylic acids is 3. The number of imide groups is 1. The van der Waals surface area contributed by atoms with Gasteiger partial charge in [0.15, 0.2) is 6.61 Å². The lowest BCUT2D eigenvalue weighted by molar-refractivity contribution is -0.144. The van der Waals surface area contributed by atoms with Gasteiger partial charge in [-0.05, 0) is 24.5 Å². The number of benzene rings is 1. The van der Waals surface area contributed by atoms with Crippen LogP contribution in [0.4, 0.5) is 4.79 Å². The van der Waals surface area contributed by atoms with Crippen LogP contribution in [0.5, 0.6) is 5.75 Å². The van der Waals surface area contributed by atoms with E-state index in [1.54, 1.807) is 12.1 Å². The van der Waals surface area contributed by atoms with E-state index >= 15 is 0 Å². The summed E-state index contributed by atoms with van der Waals surface area (Å²) in [5, 5.41) is 4.67. The second-order valence-corrected chi connectivity index (χ2v) is 6.06. The van der Waals surface area contributed by atoms with Crippen LogP contribution in [0.25, 0.3) is 6.08 Å². The van der Waals surface area contributed by atoms with Crippen LogP contribution in [0, 0.1) is 5.92 Å². The molecule has 0 fully saturated rings. The van der Waals surface area contributed by atoms with Gasteiger partial charge in [0.2, 0.25) is 0 Å². The van der Waals surface area contributed by atoms with Crippen LogP contribution in [-0.2, 0) is 14.3 Å². The van der Waals surface area contributed by atoms with Gasteiger partial charge in [0.25, 0.3) is 5.91 Å². The van der Waals surface area contributed by atoms with Crippen LogP contribution in [0.1, 0.15) is 25.8 Å². The Labute approximate surface area is 146 Å². The first-order valence-corrected chi connectivity index (χ1v) is 8.13. The Hall–Kier alpha value is -2.83. The third-order valence-corrected chi connectivity index (χ3v) is 3.49. The summed E-state index contributed by atoms with van der Waals surface area (Å²) in [6.07, 6.45) is 2.48. The van der Waals surface area contributed by atoms with Gasteiger partial charge < -0.3 is 14.8 Å². The largest absolute Gasteiger partial charge is 0.488 e. The van der Waals surface area contributed by atoms with E-state index in [2.05, 4.69) is 10.6 Å². The summed E-state index contributed by atoms with van der Waals surface area (Å²) in [4.78, 5) is 35.1. The SMILES string of the molecule is CC(C)CCNC(=O)NC(=O)COC(=O)C1=Cc2ccccc2OC1. The van der Waals surface area contributed by atoms with Crippen LogP contribution >= 0.6 is 0 Å². The predicted molar refractivity (Wildman–Crippen MR) is 91.9 cm³/mol. The van der Waals surface area contributed by atoms with Gasteiger partial charge in [-0.25, -0.2) is 9.59 Å². The highest BCUT2D eigenvalue weighted by molar-refractivity contribution is 5.98. The van der Waals surface area contributed by atoms with Gasteiger partial charge in [-0.2, -0.15) is 0 Å². The topological polar surface area (TPSA) is 93.7 Å². The number of fused-ring (bicyclic) bond motifs is 1. The van der Waals surface area contributed by atoms with Gasteiger partial charge in [-0.3, -0.25) is 10.1 Å². The van der Waals surface area contributed by atoms with Crippen molar-refractivity contribution in [1.82, 2.24) is 10.6 Å². The average Bonchev–Trinajstić information content (AvgIpc) is 2.58. The maximum absolute atomic E-state index is 12.0. The number of amides is 3. The zero-order chi connectivity index (χ0) is 18.2. The molecule has 0 bridgehead atoms. The van der Waals surface area contributed by atoms with Crippen LogP contribution in [0.15, 0.2) is 29.8 Å². The Morgan fingerprint density at radius 3 is 2.76 bits per heavy atom. The fourth-order valence-corrected chi connectivity index (χ4v) is 2.14. The molecular formula is C18H22N2O5. The number of hydrogen-bond donors (Lipinski definition) is 2. The molecule has 0 spiro atoms. The van der Waals surface area contributed by atoms with Crippen molar-refractivity contribution in [3.8, 4) is 5.75 Å². The summed E-state index contributed by atoms with van der Waals surface area (Å²) in [5.74, 6) is -0.194. The standard InChI is InChI=1S/C18H22N2O5/c1-12(2)7-8-19-18(23)20-16(21)11-25-17(22)14-9-13-5-3-4-6-15(13)24-10-14/h3-6,9,12H,7-8,10-11H2,1-2H3,(H2,19,20,21,23). The molecule has 1 aromatic rings. The molecule has 7 heteroatoms. The molecule has 7 nitrogen and oxygen atoms in total. The molecular weight excluding hydrogens is 324 g/mol. The number of rotatable bonds is 6. The van der Waals surface area contributed by atoms with E-state index in [1.165, 1.54) is 0 Å². The maximum atomic E-state index is 12.0. The number of para-hydroxylation sites is 1. The summed E-state index contributed by atoms with van der Waals surface area (Å²) in [5.41, 5.74) is 1.09. The van der Waals surface area contributed by atoms with E-state index in [-0.39, 0.29) is 6.61 Å². The Bertz CT molecular complexity index is 682. The van der Waals surface area contributed by atoms with Crippen LogP contribution in [0.3, 0.4) is 0 Å². The molecule has 0 unspecified atom stereocenters. The van der Waals surface area contributed by atoms with Gasteiger partial charge in [-0.15, -0.1) is 0 Å². The van der Waals surface area contributed by atoms with Crippen molar-refractivity contribution in [1.29, 1.82) is 0 Å². The van der Waals surface area contributed by atoms with E-state index < -0.39 is 24.5 Å². The van der Waals surface area contributed by atoms with Crippen molar-refractivity contribution in [2.45, 2.75) is 20.3 Å². The van der Waals surface area contributed by atoms with Crippen LogP contribution in [-0.4, -0.2) is 37.7 Å². The average molecular weight is 346 g/mol. The molecule has 134 valence electrons. The summed E-state index contributed by atoms with van der Waals surface area (Å²) in [7, 11) is 0. The fourth-order valence-electron chi connectivity index (χ4n) is 2.14. The first-order chi connectivity index (χ1) is 12.0. The number of esters is 1. The molecule has 1 aromatic carbocycles. The molecule has 0 saturated carbocycles. The summed E-state index contributed by atoms with van der Waals surface area (Å²) in [6, 6.07) is 6.69. The molecule has 1 aliphatic rings. The first kappa shape index (κ1) is 18.5. The van der Waals surface area contributed by atoms with Crippen molar-refractivity contribution in [2.24, 2.45) is 5.92 Å². The van der Waals surface area contributed by atoms with E-state index in [0.717, 1.165) is 12.0 Å². The highest BCUT2D eigenvalue weighted by Crippen LogP contribution is 2.25. The van der Waals surface area contributed by atoms with Gasteiger partial charge in [0, 0.05) is 12.1 Å². The molecule has 0 aliphatic carbocycles. The highest BCUT2D eigenvalue weighted by atomic mass is 16.5. The molecule has 0 saturated heterocycles. The predicted octanol–water partition coefficient (Wildman–Crippen LogP) is 1.88. The fraction of sp³-hybridized carbons (Fsp3) is 0.389. The molecule has 0 radical (unpaired) electrons. The molecule has 2 rings (SSSR count). The Morgan fingerprint density at radius 2 is 2.00 bits per heavy atom. The van der Waals surface area contributed by atoms with E-state index in [9.17, 15) is 14.4 Å². The zero-order valence-electron chi connectivity index (χ0n) is 14.3. The molecule has 1 aliphatic heterocycles. The second-order valence-electron chi connectivity index (χ2n) is 6.06. The van der Waals surface area contributed by atoms with E-state index in [0.29, 0.717) is 23.8 Å². The Balaban J connectivity index is 1.76. The number of urea groups is 1. The summed E-state index contributed by atoms with van der Waals surface area (Å²) < 4.78 is 10.4. The zero-order valence-corrected chi connectivity index (χ0v) is 14.3. The minimum Gasteiger partial charge on any atom is -0.488 e. The lowest BCUT2D eigenvalue weighted by Crippen LogP contribution is -2.42. The third kappa shape index (κ3) is 5.95. The van der Waals surface area contributed by atoms with E-state index in [4.69, 9.17) is 9.47 Å². The minimum atomic E-state index is -0.687. The van der Waals surface area contributed by atoms with Crippen molar-refractivity contribution in [3.05, 3.63) is 35.4 Å². The molecule has 2 N–H and O–H groups in total. The number of ether oxygens (including phenoxy) is 2. The van der Waals surface area contributed by atoms with Gasteiger partial charge >= 0.3 is 12.0 Å². The van der Waals surface area contributed by atoms with Crippen molar-refractivity contribution >= 4 is 24.0 Å². The van der Waals surface area contributed by atoms with Crippen molar-refractivity contribution in [2.75, 3.05) is 19.8 Å². The van der Waals surface area contributed by atoms with E-state index in [1.807, 2.05) is 32.0 Å².